The van der Waals surface area contributed by atoms with Crippen LogP contribution in [0.2, 0.25) is 0 Å². The molecule has 9 nitrogen and oxygen atoms in total. The van der Waals surface area contributed by atoms with Gasteiger partial charge in [0.25, 0.3) is 11.8 Å². The van der Waals surface area contributed by atoms with E-state index in [1.165, 1.54) is 51.6 Å². The number of amides is 2. The van der Waals surface area contributed by atoms with Gasteiger partial charge in [-0.15, -0.1) is 0 Å². The third kappa shape index (κ3) is 8.49. The zero-order chi connectivity index (χ0) is 39.7. The number of hydrogen-bond donors (Lipinski definition) is 3. The van der Waals surface area contributed by atoms with Gasteiger partial charge in [0.1, 0.15) is 5.69 Å². The molecule has 6 aliphatic rings. The molecule has 4 aliphatic heterocycles. The molecule has 57 heavy (non-hydrogen) atoms. The van der Waals surface area contributed by atoms with Gasteiger partial charge >= 0.3 is 12.1 Å². The maximum Gasteiger partial charge on any atom is 0.490 e. The minimum absolute atomic E-state index is 0.143. The van der Waals surface area contributed by atoms with Crippen LogP contribution in [0.5, 0.6) is 0 Å². The van der Waals surface area contributed by atoms with Crippen LogP contribution in [-0.4, -0.2) is 69.0 Å². The third-order valence-corrected chi connectivity index (χ3v) is 13.9. The Kier molecular flexibility index (Phi) is 11.7. The molecule has 5 heterocycles. The van der Waals surface area contributed by atoms with Crippen LogP contribution in [0.4, 0.5) is 13.2 Å². The van der Waals surface area contributed by atoms with Gasteiger partial charge in [0.05, 0.1) is 5.56 Å². The van der Waals surface area contributed by atoms with Gasteiger partial charge in [0.15, 0.2) is 0 Å². The number of alkyl halides is 3. The molecule has 1 aromatic heterocycles. The van der Waals surface area contributed by atoms with Crippen LogP contribution in [0.25, 0.3) is 0 Å². The Morgan fingerprint density at radius 3 is 1.37 bits per heavy atom. The third-order valence-electron chi connectivity index (χ3n) is 13.9. The Labute approximate surface area is 332 Å². The Morgan fingerprint density at radius 1 is 0.596 bits per heavy atom. The van der Waals surface area contributed by atoms with E-state index in [9.17, 15) is 22.8 Å². The van der Waals surface area contributed by atoms with Crippen molar-refractivity contribution in [2.24, 2.45) is 11.8 Å². The van der Waals surface area contributed by atoms with Crippen molar-refractivity contribution in [3.8, 4) is 0 Å². The van der Waals surface area contributed by atoms with Crippen molar-refractivity contribution in [2.75, 3.05) is 13.1 Å². The number of pyridine rings is 1. The van der Waals surface area contributed by atoms with Crippen molar-refractivity contribution in [1.29, 1.82) is 0 Å². The molecule has 4 bridgehead atoms. The Balaban J connectivity index is 0.000000598. The Bertz CT molecular complexity index is 1740. The van der Waals surface area contributed by atoms with Crippen LogP contribution in [0.15, 0.2) is 66.9 Å². The first-order valence-corrected chi connectivity index (χ1v) is 21.1. The second-order valence-electron chi connectivity index (χ2n) is 17.1. The smallest absolute Gasteiger partial charge is 0.475 e. The lowest BCUT2D eigenvalue weighted by Crippen LogP contribution is -2.41. The normalized spacial score (nSPS) is 28.9. The molecule has 2 saturated carbocycles. The Morgan fingerprint density at radius 2 is 0.982 bits per heavy atom. The number of rotatable bonds is 10. The molecule has 0 spiro atoms. The summed E-state index contributed by atoms with van der Waals surface area (Å²) in [5, 5.41) is 13.7. The lowest BCUT2D eigenvalue weighted by atomic mass is 9.83. The summed E-state index contributed by atoms with van der Waals surface area (Å²) in [6.07, 6.45) is 12.8. The van der Waals surface area contributed by atoms with E-state index in [-0.39, 0.29) is 29.6 Å². The fourth-order valence-corrected chi connectivity index (χ4v) is 11.1. The molecular formula is C45H54F3N5O4. The second kappa shape index (κ2) is 16.9. The lowest BCUT2D eigenvalue weighted by Gasteiger charge is -2.31. The topological polar surface area (TPSA) is 115 Å². The number of fused-ring (bicyclic) bond motifs is 10. The number of carbonyl (C=O) groups excluding carboxylic acids is 2. The largest absolute Gasteiger partial charge is 0.490 e. The number of nitrogens with zero attached hydrogens (tertiary/aromatic N) is 3. The molecule has 2 saturated heterocycles. The summed E-state index contributed by atoms with van der Waals surface area (Å²) in [7, 11) is 0. The van der Waals surface area contributed by atoms with Gasteiger partial charge in [-0.1, -0.05) is 48.5 Å². The molecule has 12 heteroatoms. The maximum atomic E-state index is 13.5. The average molecular weight is 786 g/mol. The molecule has 4 atom stereocenters. The number of hydrogen-bond acceptors (Lipinski definition) is 6. The fourth-order valence-electron chi connectivity index (χ4n) is 11.1. The minimum atomic E-state index is -5.08. The second-order valence-corrected chi connectivity index (χ2v) is 17.1. The zero-order valence-electron chi connectivity index (χ0n) is 32.4. The number of carboxylic acid groups (broad SMARTS) is 1. The van der Waals surface area contributed by atoms with Gasteiger partial charge in [-0.3, -0.25) is 24.4 Å². The highest BCUT2D eigenvalue weighted by molar-refractivity contribution is 6.06. The highest BCUT2D eigenvalue weighted by atomic mass is 19.4. The van der Waals surface area contributed by atoms with Crippen LogP contribution in [0.3, 0.4) is 0 Å². The molecule has 304 valence electrons. The van der Waals surface area contributed by atoms with E-state index in [2.05, 4.69) is 73.9 Å². The van der Waals surface area contributed by atoms with Gasteiger partial charge in [0, 0.05) is 42.4 Å². The zero-order valence-corrected chi connectivity index (χ0v) is 32.4. The van der Waals surface area contributed by atoms with Crippen molar-refractivity contribution in [3.63, 3.8) is 0 Å². The predicted octanol–water partition coefficient (Wildman–Crippen LogP) is 8.86. The number of aliphatic carboxylic acids is 1. The van der Waals surface area contributed by atoms with Gasteiger partial charge in [-0.2, -0.15) is 13.2 Å². The SMILES string of the molecule is O=C(NC1CCC(CCN2C3CC[C@@H]2c2ccccc23)CC1)c1cccnc1C(=O)NC1CCC(CCN2[C@@H]3CC[C@H]2c2ccccc23)CC1.O=C(O)C(F)(F)F. The van der Waals surface area contributed by atoms with E-state index in [1.807, 2.05) is 0 Å². The highest BCUT2D eigenvalue weighted by Crippen LogP contribution is 2.54. The summed E-state index contributed by atoms with van der Waals surface area (Å²) in [4.78, 5) is 45.8. The molecule has 3 aromatic rings. The van der Waals surface area contributed by atoms with Crippen molar-refractivity contribution in [1.82, 2.24) is 25.4 Å². The summed E-state index contributed by atoms with van der Waals surface area (Å²) >= 11 is 0. The van der Waals surface area contributed by atoms with Crippen molar-refractivity contribution in [3.05, 3.63) is 100 Å². The Hall–Kier alpha value is -4.29. The highest BCUT2D eigenvalue weighted by Gasteiger charge is 2.44. The van der Waals surface area contributed by atoms with Gasteiger partial charge in [-0.25, -0.2) is 4.79 Å². The molecule has 1 unspecified atom stereocenters. The first-order valence-electron chi connectivity index (χ1n) is 21.1. The average Bonchev–Trinajstić information content (AvgIpc) is 3.98. The van der Waals surface area contributed by atoms with Crippen LogP contribution in [-0.2, 0) is 4.79 Å². The van der Waals surface area contributed by atoms with Crippen LogP contribution in [0, 0.1) is 11.8 Å². The van der Waals surface area contributed by atoms with Crippen LogP contribution >= 0.6 is 0 Å². The number of benzene rings is 2. The molecule has 9 rings (SSSR count). The number of halogens is 3. The van der Waals surface area contributed by atoms with Crippen molar-refractivity contribution < 1.29 is 32.7 Å². The van der Waals surface area contributed by atoms with E-state index in [0.717, 1.165) is 51.4 Å². The van der Waals surface area contributed by atoms with Gasteiger partial charge < -0.3 is 15.7 Å². The quantitative estimate of drug-likeness (QED) is 0.188. The lowest BCUT2D eigenvalue weighted by molar-refractivity contribution is -0.192. The summed E-state index contributed by atoms with van der Waals surface area (Å²) in [6.45, 7) is 2.35. The maximum absolute atomic E-state index is 13.5. The number of aromatic nitrogens is 1. The summed E-state index contributed by atoms with van der Waals surface area (Å²) in [5.74, 6) is -1.71. The van der Waals surface area contributed by atoms with E-state index in [1.54, 1.807) is 40.6 Å². The first kappa shape index (κ1) is 39.5. The number of nitrogens with one attached hydrogen (secondary N) is 2. The minimum Gasteiger partial charge on any atom is -0.475 e. The monoisotopic (exact) mass is 785 g/mol. The summed E-state index contributed by atoms with van der Waals surface area (Å²) < 4.78 is 31.7. The molecule has 2 amide bonds. The van der Waals surface area contributed by atoms with Crippen molar-refractivity contribution in [2.45, 2.75) is 132 Å². The van der Waals surface area contributed by atoms with E-state index in [0.29, 0.717) is 41.6 Å². The summed E-state index contributed by atoms with van der Waals surface area (Å²) in [6, 6.07) is 24.4. The molecule has 4 fully saturated rings. The molecular weight excluding hydrogens is 732 g/mol. The molecule has 2 aliphatic carbocycles. The standard InChI is InChI=1S/C43H53N5O2.C2HF3O2/c49-42(45-30-15-11-28(12-16-30)23-26-47-37-19-20-38(47)33-7-2-1-6-32(33)37)36-10-5-25-44-41(36)43(50)46-31-17-13-29(14-18-31)24-27-48-39-21-22-40(48)35-9-4-3-8-34(35)39;3-2(4,5)1(6)7/h1-10,25,28-31,37-40H,11-24,26-27H2,(H,45,49)(H,46,50);(H,6,7)/t28?,29?,30?,31?,37-,38?,39-,40+;/m1./s1. The fraction of sp³-hybridized carbons (Fsp3) is 0.556. The van der Waals surface area contributed by atoms with E-state index < -0.39 is 12.1 Å². The van der Waals surface area contributed by atoms with Crippen molar-refractivity contribution >= 4 is 17.8 Å². The number of carboxylic acids is 1. The predicted molar refractivity (Wildman–Crippen MR) is 209 cm³/mol. The van der Waals surface area contributed by atoms with Gasteiger partial charge in [-0.05, 0) is 149 Å². The van der Waals surface area contributed by atoms with Gasteiger partial charge in [0.2, 0.25) is 0 Å². The summed E-state index contributed by atoms with van der Waals surface area (Å²) in [5.41, 5.74) is 6.90. The van der Waals surface area contributed by atoms with E-state index in [4.69, 9.17) is 9.90 Å². The molecule has 0 radical (unpaired) electrons. The molecule has 2 aromatic carbocycles. The van der Waals surface area contributed by atoms with Crippen LogP contribution in [0.1, 0.15) is 157 Å². The van der Waals surface area contributed by atoms with Crippen LogP contribution < -0.4 is 10.6 Å². The molecule has 3 N–H and O–H groups in total. The number of carbonyl (C=O) groups is 3. The first-order chi connectivity index (χ1) is 27.5. The van der Waals surface area contributed by atoms with E-state index >= 15 is 0 Å².